The smallest absolute Gasteiger partial charge is 0.409 e. The molecule has 2 heterocycles. The fourth-order valence-corrected chi connectivity index (χ4v) is 3.92. The van der Waals surface area contributed by atoms with Crippen molar-refractivity contribution in [3.8, 4) is 0 Å². The van der Waals surface area contributed by atoms with Crippen LogP contribution in [-0.2, 0) is 19.1 Å². The van der Waals surface area contributed by atoms with Gasteiger partial charge in [0.2, 0.25) is 5.91 Å². The molecule has 3 amide bonds. The van der Waals surface area contributed by atoms with E-state index in [0.717, 1.165) is 4.90 Å². The van der Waals surface area contributed by atoms with E-state index in [1.54, 1.807) is 34.9 Å². The summed E-state index contributed by atoms with van der Waals surface area (Å²) in [6.07, 6.45) is -0.391. The Labute approximate surface area is 172 Å². The highest BCUT2D eigenvalue weighted by Crippen LogP contribution is 2.36. The van der Waals surface area contributed by atoms with Crippen LogP contribution in [0.15, 0.2) is 23.1 Å². The van der Waals surface area contributed by atoms with Crippen LogP contribution in [0.4, 0.5) is 10.5 Å². The maximum absolute atomic E-state index is 12.3. The topological polar surface area (TPSA) is 105 Å². The van der Waals surface area contributed by atoms with Gasteiger partial charge in [0.15, 0.2) is 6.61 Å². The molecule has 0 aromatic heterocycles. The predicted molar refractivity (Wildman–Crippen MR) is 106 cm³/mol. The number of benzene rings is 1. The van der Waals surface area contributed by atoms with Gasteiger partial charge in [0.1, 0.15) is 0 Å². The number of rotatable bonds is 4. The molecule has 1 N–H and O–H groups in total. The Kier molecular flexibility index (Phi) is 6.63. The molecule has 156 valence electrons. The third-order valence-electron chi connectivity index (χ3n) is 4.63. The van der Waals surface area contributed by atoms with Crippen molar-refractivity contribution >= 4 is 41.3 Å². The van der Waals surface area contributed by atoms with Gasteiger partial charge in [-0.15, -0.1) is 11.8 Å². The zero-order valence-electron chi connectivity index (χ0n) is 16.3. The first-order valence-electron chi connectivity index (χ1n) is 9.37. The summed E-state index contributed by atoms with van der Waals surface area (Å²) in [6.45, 7) is 4.93. The summed E-state index contributed by atoms with van der Waals surface area (Å²) >= 11 is 1.42. The number of carbonyl (C=O) groups excluding carboxylic acids is 4. The minimum atomic E-state index is -0.635. The normalized spacial score (nSPS) is 18.6. The van der Waals surface area contributed by atoms with Gasteiger partial charge in [-0.2, -0.15) is 0 Å². The highest BCUT2D eigenvalue weighted by Gasteiger charge is 2.26. The Hall–Kier alpha value is -2.75. The Morgan fingerprint density at radius 3 is 2.52 bits per heavy atom. The van der Waals surface area contributed by atoms with Gasteiger partial charge in [-0.05, 0) is 32.0 Å². The van der Waals surface area contributed by atoms with Crippen molar-refractivity contribution in [1.82, 2.24) is 9.80 Å². The lowest BCUT2D eigenvalue weighted by Crippen LogP contribution is -2.51. The van der Waals surface area contributed by atoms with Gasteiger partial charge in [-0.3, -0.25) is 9.59 Å². The summed E-state index contributed by atoms with van der Waals surface area (Å²) in [5.74, 6) is -1.08. The van der Waals surface area contributed by atoms with Gasteiger partial charge >= 0.3 is 12.1 Å². The Bertz CT molecular complexity index is 822. The summed E-state index contributed by atoms with van der Waals surface area (Å²) in [6, 6.07) is 4.92. The van der Waals surface area contributed by atoms with Crippen molar-refractivity contribution in [3.63, 3.8) is 0 Å². The zero-order valence-corrected chi connectivity index (χ0v) is 17.1. The highest BCUT2D eigenvalue weighted by atomic mass is 32.2. The van der Waals surface area contributed by atoms with Crippen LogP contribution < -0.4 is 5.32 Å². The number of thioether (sulfide) groups is 1. The molecule has 0 aliphatic carbocycles. The van der Waals surface area contributed by atoms with Crippen LogP contribution in [0.5, 0.6) is 0 Å². The van der Waals surface area contributed by atoms with Crippen LogP contribution in [0.25, 0.3) is 0 Å². The van der Waals surface area contributed by atoms with Crippen LogP contribution in [0.1, 0.15) is 24.2 Å². The molecule has 9 nitrogen and oxygen atoms in total. The zero-order chi connectivity index (χ0) is 21.0. The third-order valence-corrected chi connectivity index (χ3v) is 5.81. The third kappa shape index (κ3) is 5.00. The average molecular weight is 421 g/mol. The van der Waals surface area contributed by atoms with Crippen molar-refractivity contribution < 1.29 is 28.7 Å². The standard InChI is InChI=1S/C19H23N3O6S/c1-3-27-19(26)22-8-6-21(7-9-22)16(23)11-28-18(25)13-4-5-15-14(10-13)20-17(24)12(2)29-15/h4-5,10,12H,3,6-9,11H2,1-2H3,(H,20,24). The maximum atomic E-state index is 12.3. The van der Waals surface area contributed by atoms with E-state index < -0.39 is 12.1 Å². The predicted octanol–water partition coefficient (Wildman–Crippen LogP) is 1.58. The van der Waals surface area contributed by atoms with E-state index in [4.69, 9.17) is 9.47 Å². The van der Waals surface area contributed by atoms with Gasteiger partial charge in [-0.1, -0.05) is 0 Å². The van der Waals surface area contributed by atoms with Crippen LogP contribution in [-0.4, -0.2) is 78.3 Å². The molecule has 0 bridgehead atoms. The van der Waals surface area contributed by atoms with Crippen LogP contribution >= 0.6 is 11.8 Å². The molecular formula is C19H23N3O6S. The number of amides is 3. The van der Waals surface area contributed by atoms with Crippen molar-refractivity contribution in [2.75, 3.05) is 44.7 Å². The average Bonchev–Trinajstić information content (AvgIpc) is 2.72. The number of nitrogens with one attached hydrogen (secondary N) is 1. The first-order valence-corrected chi connectivity index (χ1v) is 10.2. The van der Waals surface area contributed by atoms with Gasteiger partial charge < -0.3 is 24.6 Å². The quantitative estimate of drug-likeness (QED) is 0.736. The van der Waals surface area contributed by atoms with E-state index in [1.807, 2.05) is 6.92 Å². The van der Waals surface area contributed by atoms with Crippen molar-refractivity contribution in [1.29, 1.82) is 0 Å². The maximum Gasteiger partial charge on any atom is 0.409 e. The van der Waals surface area contributed by atoms with Gasteiger partial charge in [0, 0.05) is 31.1 Å². The fraction of sp³-hybridized carbons (Fsp3) is 0.474. The number of fused-ring (bicyclic) bond motifs is 1. The van der Waals surface area contributed by atoms with E-state index in [0.29, 0.717) is 38.5 Å². The molecule has 10 heteroatoms. The lowest BCUT2D eigenvalue weighted by molar-refractivity contribution is -0.136. The molecular weight excluding hydrogens is 398 g/mol. The Morgan fingerprint density at radius 2 is 1.83 bits per heavy atom. The number of hydrogen-bond donors (Lipinski definition) is 1. The Morgan fingerprint density at radius 1 is 1.14 bits per heavy atom. The largest absolute Gasteiger partial charge is 0.452 e. The molecule has 3 rings (SSSR count). The number of anilines is 1. The summed E-state index contributed by atoms with van der Waals surface area (Å²) in [5, 5.41) is 2.57. The number of esters is 1. The van der Waals surface area contributed by atoms with Gasteiger partial charge in [0.25, 0.3) is 5.91 Å². The molecule has 2 aliphatic rings. The number of hydrogen-bond acceptors (Lipinski definition) is 7. The lowest BCUT2D eigenvalue weighted by atomic mass is 10.2. The van der Waals surface area contributed by atoms with Crippen molar-refractivity contribution in [3.05, 3.63) is 23.8 Å². The van der Waals surface area contributed by atoms with E-state index in [2.05, 4.69) is 5.32 Å². The first-order chi connectivity index (χ1) is 13.9. The van der Waals surface area contributed by atoms with Crippen molar-refractivity contribution in [2.24, 2.45) is 0 Å². The molecule has 1 saturated heterocycles. The molecule has 1 atom stereocenters. The highest BCUT2D eigenvalue weighted by molar-refractivity contribution is 8.00. The second kappa shape index (κ2) is 9.17. The fourth-order valence-electron chi connectivity index (χ4n) is 2.99. The second-order valence-electron chi connectivity index (χ2n) is 6.60. The van der Waals surface area contributed by atoms with E-state index >= 15 is 0 Å². The summed E-state index contributed by atoms with van der Waals surface area (Å²) < 4.78 is 10.1. The molecule has 0 saturated carbocycles. The summed E-state index contributed by atoms with van der Waals surface area (Å²) in [4.78, 5) is 52.1. The molecule has 1 fully saturated rings. The molecule has 1 aromatic carbocycles. The van der Waals surface area contributed by atoms with Gasteiger partial charge in [0.05, 0.1) is 23.1 Å². The molecule has 1 unspecified atom stereocenters. The molecule has 29 heavy (non-hydrogen) atoms. The molecule has 0 radical (unpaired) electrons. The van der Waals surface area contributed by atoms with Gasteiger partial charge in [-0.25, -0.2) is 9.59 Å². The second-order valence-corrected chi connectivity index (χ2v) is 7.99. The minimum absolute atomic E-state index is 0.120. The van der Waals surface area contributed by atoms with Crippen molar-refractivity contribution in [2.45, 2.75) is 24.0 Å². The first kappa shape index (κ1) is 21.0. The van der Waals surface area contributed by atoms with E-state index in [9.17, 15) is 19.2 Å². The summed E-state index contributed by atoms with van der Waals surface area (Å²) in [7, 11) is 0. The van der Waals surface area contributed by atoms with E-state index in [-0.39, 0.29) is 29.2 Å². The molecule has 0 spiro atoms. The van der Waals surface area contributed by atoms with Crippen LogP contribution in [0.2, 0.25) is 0 Å². The number of carbonyl (C=O) groups is 4. The lowest BCUT2D eigenvalue weighted by Gasteiger charge is -2.33. The van der Waals surface area contributed by atoms with E-state index in [1.165, 1.54) is 11.8 Å². The molecule has 2 aliphatic heterocycles. The monoisotopic (exact) mass is 421 g/mol. The number of nitrogens with zero attached hydrogens (tertiary/aromatic N) is 2. The minimum Gasteiger partial charge on any atom is -0.452 e. The Balaban J connectivity index is 1.50. The van der Waals surface area contributed by atoms with Crippen LogP contribution in [0.3, 0.4) is 0 Å². The molecule has 1 aromatic rings. The summed E-state index contributed by atoms with van der Waals surface area (Å²) in [5.41, 5.74) is 0.827. The van der Waals surface area contributed by atoms with Crippen LogP contribution in [0, 0.1) is 0 Å². The number of piperazine rings is 1. The SMILES string of the molecule is CCOC(=O)N1CCN(C(=O)COC(=O)c2ccc3c(c2)NC(=O)C(C)S3)CC1. The number of ether oxygens (including phenoxy) is 2.